The summed E-state index contributed by atoms with van der Waals surface area (Å²) in [6, 6.07) is 0. The average Bonchev–Trinajstić information content (AvgIpc) is 0.811. The fourth-order valence-corrected chi connectivity index (χ4v) is 0. The predicted octanol–water partition coefficient (Wildman–Crippen LogP) is -0.273. The second kappa shape index (κ2) is 1.74. The van der Waals surface area contributed by atoms with Gasteiger partial charge in [-0.15, -0.1) is 0 Å². The van der Waals surface area contributed by atoms with Crippen molar-refractivity contribution in [2.45, 2.75) is 0 Å². The number of nitro groups is 1. The van der Waals surface area contributed by atoms with Gasteiger partial charge >= 0.3 is 42.1 Å². The molecule has 0 aromatic heterocycles. The summed E-state index contributed by atoms with van der Waals surface area (Å²) < 4.78 is -0.332. The van der Waals surface area contributed by atoms with Crippen LogP contribution in [0, 0.1) is 39.9 Å². The van der Waals surface area contributed by atoms with E-state index in [0.29, 0.717) is 0 Å². The molecule has 4 heteroatoms. The molecule has 0 spiro atoms. The first-order valence-corrected chi connectivity index (χ1v) is 2.45. The van der Waals surface area contributed by atoms with Crippen LogP contribution in [0.15, 0.2) is 0 Å². The molecule has 0 rings (SSSR count). The molecule has 3 nitrogen and oxygen atoms in total. The molecule has 21 valence electrons. The van der Waals surface area contributed by atoms with Crippen LogP contribution in [0.5, 0.6) is 0 Å². The van der Waals surface area contributed by atoms with E-state index < -0.39 is 0 Å². The van der Waals surface area contributed by atoms with E-state index in [2.05, 4.69) is 0 Å². The van der Waals surface area contributed by atoms with Crippen LogP contribution in [0.4, 0.5) is 0 Å². The molecule has 0 atom stereocenters. The van der Waals surface area contributed by atoms with Gasteiger partial charge in [0.25, 0.3) is 0 Å². The molecular weight excluding hydrogens is 284 g/mol. The maximum atomic E-state index is 8.88. The van der Waals surface area contributed by atoms with Gasteiger partial charge in [-0.1, -0.05) is 0 Å². The van der Waals surface area contributed by atoms with Crippen molar-refractivity contribution in [3.63, 3.8) is 0 Å². The first kappa shape index (κ1) is 4.45. The molecule has 0 saturated carbocycles. The molecule has 0 amide bonds. The summed E-state index contributed by atoms with van der Waals surface area (Å²) in [4.78, 5) is 8.88. The standard InChI is InChI=1S/NO2.U/c2-1-3;. The Morgan fingerprint density at radius 1 is 2.00 bits per heavy atom. The quantitative estimate of drug-likeness (QED) is 0.454. The summed E-state index contributed by atoms with van der Waals surface area (Å²) in [5, 5.41) is 8.88. The zero-order valence-corrected chi connectivity index (χ0v) is 5.93. The van der Waals surface area contributed by atoms with E-state index in [4.69, 9.17) is 10.1 Å². The molecule has 0 aliphatic carbocycles. The van der Waals surface area contributed by atoms with E-state index in [9.17, 15) is 0 Å². The van der Waals surface area contributed by atoms with Crippen molar-refractivity contribution >= 4 is 0 Å². The summed E-state index contributed by atoms with van der Waals surface area (Å²) in [6.07, 6.45) is 0. The fourth-order valence-electron chi connectivity index (χ4n) is 0. The van der Waals surface area contributed by atoms with Crippen molar-refractivity contribution in [1.29, 1.82) is 0 Å². The molecule has 0 unspecified atom stereocenters. The molecule has 4 heavy (non-hydrogen) atoms. The van der Waals surface area contributed by atoms with Gasteiger partial charge in [-0.2, -0.15) is 0 Å². The first-order valence-electron chi connectivity index (χ1n) is 0.589. The van der Waals surface area contributed by atoms with E-state index in [1.165, 1.54) is 0 Å². The fraction of sp³-hybridized carbons (Fsp3) is 0. The van der Waals surface area contributed by atoms with E-state index in [-0.39, 0.29) is 32.0 Å². The summed E-state index contributed by atoms with van der Waals surface area (Å²) in [5.41, 5.74) is 0. The Hall–Kier alpha value is 0.452. The van der Waals surface area contributed by atoms with Crippen LogP contribution in [0.2, 0.25) is 0 Å². The van der Waals surface area contributed by atoms with Gasteiger partial charge < -0.3 is 0 Å². The third kappa shape index (κ3) is 25.3. The van der Waals surface area contributed by atoms with Crippen molar-refractivity contribution < 1.29 is 32.0 Å². The van der Waals surface area contributed by atoms with Crippen LogP contribution in [-0.4, -0.2) is 2.26 Å². The number of rotatable bonds is 0. The van der Waals surface area contributed by atoms with E-state index >= 15 is 0 Å². The van der Waals surface area contributed by atoms with Crippen molar-refractivity contribution in [3.8, 4) is 0 Å². The molecule has 0 bridgehead atoms. The Balaban J connectivity index is 2.80. The van der Waals surface area contributed by atoms with Gasteiger partial charge in [-0.05, 0) is 0 Å². The van der Waals surface area contributed by atoms with Gasteiger partial charge in [-0.25, -0.2) is 0 Å². The number of hydrogen-bond acceptors (Lipinski definition) is 2. The minimum absolute atomic E-state index is 0.103. The predicted molar refractivity (Wildman–Crippen MR) is 6.99 cm³/mol. The summed E-state index contributed by atoms with van der Waals surface area (Å²) >= 11 is -0.103. The van der Waals surface area contributed by atoms with Crippen LogP contribution >= 0.6 is 0 Å². The summed E-state index contributed by atoms with van der Waals surface area (Å²) in [7, 11) is 0. The van der Waals surface area contributed by atoms with E-state index in [1.807, 2.05) is 0 Å². The Kier molecular flexibility index (Phi) is 1.94. The van der Waals surface area contributed by atoms with Gasteiger partial charge in [0.15, 0.2) is 0 Å². The minimum atomic E-state index is -0.332. The normalized spacial score (nSPS) is 6.50. The molecule has 0 N–H and O–H groups in total. The van der Waals surface area contributed by atoms with Crippen molar-refractivity contribution in [3.05, 3.63) is 10.1 Å². The van der Waals surface area contributed by atoms with Crippen LogP contribution in [-0.2, 0) is 0 Å². The van der Waals surface area contributed by atoms with E-state index in [0.717, 1.165) is 0 Å². The van der Waals surface area contributed by atoms with Crippen molar-refractivity contribution in [1.82, 2.24) is 0 Å². The zero-order valence-electron chi connectivity index (χ0n) is 1.76. The van der Waals surface area contributed by atoms with Gasteiger partial charge in [0.1, 0.15) is 0 Å². The molecule has 0 aromatic carbocycles. The molecule has 0 fully saturated rings. The monoisotopic (exact) mass is 284 g/mol. The van der Waals surface area contributed by atoms with Gasteiger partial charge in [0, 0.05) is 0 Å². The van der Waals surface area contributed by atoms with Crippen molar-refractivity contribution in [2.75, 3.05) is 0 Å². The van der Waals surface area contributed by atoms with Crippen LogP contribution in [0.25, 0.3) is 0 Å². The SMILES string of the molecule is O=[N+]([O-])[U]. The third-order valence-corrected chi connectivity index (χ3v) is 0. The molecule has 0 aliphatic rings. The Morgan fingerprint density at radius 3 is 2.00 bits per heavy atom. The second-order valence-electron chi connectivity index (χ2n) is 0.257. The van der Waals surface area contributed by atoms with E-state index in [1.54, 1.807) is 0 Å². The third-order valence-electron chi connectivity index (χ3n) is 0. The van der Waals surface area contributed by atoms with Crippen LogP contribution in [0.1, 0.15) is 0 Å². The van der Waals surface area contributed by atoms with Crippen LogP contribution < -0.4 is 0 Å². The van der Waals surface area contributed by atoms with Crippen LogP contribution in [0.3, 0.4) is 0 Å². The van der Waals surface area contributed by atoms with Gasteiger partial charge in [-0.3, -0.25) is 0 Å². The molecule has 0 aromatic rings. The topological polar surface area (TPSA) is 43.1 Å². The average molecular weight is 284 g/mol. The Bertz CT molecular complexity index is 29.0. The van der Waals surface area contributed by atoms with Crippen molar-refractivity contribution in [2.24, 2.45) is 0 Å². The molecular formula is NO2U. The molecule has 0 radical (unpaired) electrons. The Labute approximate surface area is 42.2 Å². The zero-order chi connectivity index (χ0) is 3.58. The summed E-state index contributed by atoms with van der Waals surface area (Å²) in [5.74, 6) is 0. The molecule has 0 saturated heterocycles. The molecule has 0 heterocycles. The molecule has 0 aliphatic heterocycles. The second-order valence-corrected chi connectivity index (χ2v) is 1.78. The Morgan fingerprint density at radius 2 is 2.00 bits per heavy atom. The van der Waals surface area contributed by atoms with Gasteiger partial charge in [0.05, 0.1) is 0 Å². The summed E-state index contributed by atoms with van der Waals surface area (Å²) in [6.45, 7) is 0. The number of hydrogen-bond donors (Lipinski definition) is 0. The first-order chi connectivity index (χ1) is 1.73. The van der Waals surface area contributed by atoms with Gasteiger partial charge in [0.2, 0.25) is 0 Å². The maximum absolute atomic E-state index is 8.88. The number of nitrogens with zero attached hydrogens (tertiary/aromatic N) is 1.